The second kappa shape index (κ2) is 7.63. The van der Waals surface area contributed by atoms with Gasteiger partial charge in [-0.2, -0.15) is 0 Å². The first-order valence-electron chi connectivity index (χ1n) is 10.6. The summed E-state index contributed by atoms with van der Waals surface area (Å²) < 4.78 is 2.59. The van der Waals surface area contributed by atoms with Crippen LogP contribution in [0, 0.1) is 0 Å². The molecule has 1 N–H and O–H groups in total. The number of nitrogens with one attached hydrogen (secondary N) is 1. The maximum atomic E-state index is 13.2. The molecule has 2 aromatic rings. The molecule has 1 atom stereocenters. The molecular formula is C23H28N4O3. The number of anilines is 2. The molecule has 0 fully saturated rings. The van der Waals surface area contributed by atoms with Crippen LogP contribution in [-0.2, 0) is 18.9 Å². The summed E-state index contributed by atoms with van der Waals surface area (Å²) in [7, 11) is 3.14. The van der Waals surface area contributed by atoms with Crippen LogP contribution in [0.4, 0.5) is 11.5 Å². The van der Waals surface area contributed by atoms with Crippen LogP contribution in [0.5, 0.6) is 0 Å². The van der Waals surface area contributed by atoms with Crippen molar-refractivity contribution in [1.82, 2.24) is 9.13 Å². The van der Waals surface area contributed by atoms with Gasteiger partial charge in [0.25, 0.3) is 5.56 Å². The molecule has 7 heteroatoms. The molecule has 1 aliphatic heterocycles. The van der Waals surface area contributed by atoms with Gasteiger partial charge in [0.2, 0.25) is 0 Å². The first kappa shape index (κ1) is 20.2. The van der Waals surface area contributed by atoms with Crippen LogP contribution < -0.4 is 21.5 Å². The molecule has 0 radical (unpaired) electrons. The fourth-order valence-corrected chi connectivity index (χ4v) is 4.70. The largest absolute Gasteiger partial charge is 0.372 e. The monoisotopic (exact) mass is 408 g/mol. The highest BCUT2D eigenvalue weighted by atomic mass is 16.2. The molecule has 30 heavy (non-hydrogen) atoms. The van der Waals surface area contributed by atoms with Crippen molar-refractivity contribution in [3.8, 4) is 0 Å². The second-order valence-corrected chi connectivity index (χ2v) is 7.96. The maximum absolute atomic E-state index is 13.2. The van der Waals surface area contributed by atoms with Crippen molar-refractivity contribution in [3.05, 3.63) is 67.5 Å². The quantitative estimate of drug-likeness (QED) is 0.841. The van der Waals surface area contributed by atoms with Crippen molar-refractivity contribution in [3.63, 3.8) is 0 Å². The average molecular weight is 409 g/mol. The predicted molar refractivity (Wildman–Crippen MR) is 118 cm³/mol. The zero-order valence-electron chi connectivity index (χ0n) is 18.0. The molecule has 0 bridgehead atoms. The van der Waals surface area contributed by atoms with Crippen molar-refractivity contribution in [2.45, 2.75) is 39.0 Å². The predicted octanol–water partition coefficient (Wildman–Crippen LogP) is 2.49. The molecule has 0 spiro atoms. The molecule has 1 aliphatic carbocycles. The number of fused-ring (bicyclic) bond motifs is 1. The van der Waals surface area contributed by atoms with Gasteiger partial charge in [-0.05, 0) is 44.4 Å². The number of carbonyl (C=O) groups excluding carboxylic acids is 1. The molecule has 4 rings (SSSR count). The summed E-state index contributed by atoms with van der Waals surface area (Å²) in [5, 5.41) is 3.25. The Kier molecular flexibility index (Phi) is 5.13. The number of benzene rings is 1. The first-order chi connectivity index (χ1) is 14.4. The number of allylic oxidation sites excluding steroid dienone is 2. The number of carbonyl (C=O) groups is 1. The van der Waals surface area contributed by atoms with Crippen LogP contribution in [0.15, 0.2) is 45.1 Å². The van der Waals surface area contributed by atoms with Crippen LogP contribution >= 0.6 is 0 Å². The number of aromatic nitrogens is 2. The lowest BCUT2D eigenvalue weighted by atomic mass is 9.76. The Morgan fingerprint density at radius 1 is 1.00 bits per heavy atom. The zero-order chi connectivity index (χ0) is 21.6. The molecule has 0 unspecified atom stereocenters. The Hall–Kier alpha value is -3.09. The summed E-state index contributed by atoms with van der Waals surface area (Å²) in [6.45, 7) is 6.04. The standard InChI is InChI=1S/C23H28N4O3/c1-5-27(6-2)15-12-10-14(11-13-15)18-19-16(8-7-9-17(19)28)24-21-20(18)22(29)26(4)23(30)25(21)3/h10-13,18,24H,5-9H2,1-4H3/t18-/m1/s1. The second-order valence-electron chi connectivity index (χ2n) is 7.96. The summed E-state index contributed by atoms with van der Waals surface area (Å²) in [5.74, 6) is 0.0952. The number of nitrogens with zero attached hydrogens (tertiary/aromatic N) is 3. The minimum atomic E-state index is -0.472. The topological polar surface area (TPSA) is 76.3 Å². The van der Waals surface area contributed by atoms with E-state index in [1.807, 2.05) is 24.3 Å². The van der Waals surface area contributed by atoms with Crippen LogP contribution in [0.3, 0.4) is 0 Å². The van der Waals surface area contributed by atoms with E-state index in [1.165, 1.54) is 11.6 Å². The lowest BCUT2D eigenvalue weighted by Crippen LogP contribution is -2.44. The van der Waals surface area contributed by atoms with Gasteiger partial charge >= 0.3 is 5.69 Å². The number of Topliss-reactive ketones (excluding diaryl/α,β-unsaturated/α-hetero) is 1. The van der Waals surface area contributed by atoms with Crippen LogP contribution in [-0.4, -0.2) is 28.0 Å². The minimum absolute atomic E-state index is 0.0723. The average Bonchev–Trinajstić information content (AvgIpc) is 2.76. The lowest BCUT2D eigenvalue weighted by molar-refractivity contribution is -0.116. The molecule has 0 amide bonds. The Bertz CT molecular complexity index is 1150. The van der Waals surface area contributed by atoms with Crippen molar-refractivity contribution in [2.75, 3.05) is 23.3 Å². The number of hydrogen-bond donors (Lipinski definition) is 1. The third-order valence-electron chi connectivity index (χ3n) is 6.36. The summed E-state index contributed by atoms with van der Waals surface area (Å²) in [6, 6.07) is 8.10. The molecule has 158 valence electrons. The number of rotatable bonds is 4. The van der Waals surface area contributed by atoms with E-state index < -0.39 is 5.92 Å². The Balaban J connectivity index is 1.95. The van der Waals surface area contributed by atoms with Gasteiger partial charge in [0.05, 0.1) is 5.56 Å². The van der Waals surface area contributed by atoms with Gasteiger partial charge in [-0.1, -0.05) is 12.1 Å². The molecule has 1 aromatic heterocycles. The Morgan fingerprint density at radius 2 is 1.67 bits per heavy atom. The van der Waals surface area contributed by atoms with Crippen molar-refractivity contribution in [1.29, 1.82) is 0 Å². The highest BCUT2D eigenvalue weighted by Gasteiger charge is 2.38. The van der Waals surface area contributed by atoms with E-state index in [-0.39, 0.29) is 17.0 Å². The smallest absolute Gasteiger partial charge is 0.332 e. The zero-order valence-corrected chi connectivity index (χ0v) is 18.0. The lowest BCUT2D eigenvalue weighted by Gasteiger charge is -2.34. The molecular weight excluding hydrogens is 380 g/mol. The fraction of sp³-hybridized carbons (Fsp3) is 0.435. The Labute approximate surface area is 175 Å². The van der Waals surface area contributed by atoms with E-state index in [1.54, 1.807) is 7.05 Å². The van der Waals surface area contributed by atoms with Crippen LogP contribution in [0.25, 0.3) is 0 Å². The summed E-state index contributed by atoms with van der Waals surface area (Å²) in [5.41, 5.74) is 3.23. The van der Waals surface area contributed by atoms with Gasteiger partial charge < -0.3 is 10.2 Å². The molecule has 0 saturated heterocycles. The van der Waals surface area contributed by atoms with Crippen molar-refractivity contribution >= 4 is 17.3 Å². The molecule has 0 saturated carbocycles. The normalized spacial score (nSPS) is 18.0. The minimum Gasteiger partial charge on any atom is -0.372 e. The van der Waals surface area contributed by atoms with Gasteiger partial charge in [0, 0.05) is 56.5 Å². The highest BCUT2D eigenvalue weighted by Crippen LogP contribution is 2.43. The third-order valence-corrected chi connectivity index (χ3v) is 6.36. The van der Waals surface area contributed by atoms with Gasteiger partial charge in [0.1, 0.15) is 5.82 Å². The first-order valence-corrected chi connectivity index (χ1v) is 10.6. The van der Waals surface area contributed by atoms with E-state index in [9.17, 15) is 14.4 Å². The van der Waals surface area contributed by atoms with Crippen LogP contribution in [0.2, 0.25) is 0 Å². The summed E-state index contributed by atoms with van der Waals surface area (Å²) >= 11 is 0. The Morgan fingerprint density at radius 3 is 2.30 bits per heavy atom. The molecule has 7 nitrogen and oxygen atoms in total. The van der Waals surface area contributed by atoms with E-state index in [4.69, 9.17) is 0 Å². The highest BCUT2D eigenvalue weighted by molar-refractivity contribution is 6.00. The molecule has 2 aliphatic rings. The molecule has 2 heterocycles. The van der Waals surface area contributed by atoms with Gasteiger partial charge in [-0.3, -0.25) is 18.7 Å². The third kappa shape index (κ3) is 3.00. The van der Waals surface area contributed by atoms with E-state index in [0.29, 0.717) is 23.4 Å². The maximum Gasteiger partial charge on any atom is 0.332 e. The van der Waals surface area contributed by atoms with Crippen molar-refractivity contribution in [2.24, 2.45) is 14.1 Å². The molecule has 1 aromatic carbocycles. The van der Waals surface area contributed by atoms with E-state index in [2.05, 4.69) is 24.1 Å². The van der Waals surface area contributed by atoms with Gasteiger partial charge in [-0.15, -0.1) is 0 Å². The van der Waals surface area contributed by atoms with Crippen molar-refractivity contribution < 1.29 is 4.79 Å². The SMILES string of the molecule is CCN(CC)c1ccc([C@@H]2C3=C(CCCC3=O)Nc3c2c(=O)n(C)c(=O)n3C)cc1. The van der Waals surface area contributed by atoms with Gasteiger partial charge in [-0.25, -0.2) is 4.79 Å². The van der Waals surface area contributed by atoms with Gasteiger partial charge in [0.15, 0.2) is 5.78 Å². The summed E-state index contributed by atoms with van der Waals surface area (Å²) in [6.07, 6.45) is 1.99. The number of ketones is 1. The summed E-state index contributed by atoms with van der Waals surface area (Å²) in [4.78, 5) is 40.9. The van der Waals surface area contributed by atoms with E-state index >= 15 is 0 Å². The van der Waals surface area contributed by atoms with E-state index in [0.717, 1.165) is 47.4 Å². The van der Waals surface area contributed by atoms with Crippen LogP contribution in [0.1, 0.15) is 50.2 Å². The number of hydrogen-bond acceptors (Lipinski definition) is 5. The fourth-order valence-electron chi connectivity index (χ4n) is 4.70.